The number of fused-ring (bicyclic) bond motifs is 1. The van der Waals surface area contributed by atoms with E-state index in [1.54, 1.807) is 6.07 Å². The van der Waals surface area contributed by atoms with Crippen molar-refractivity contribution >= 4 is 31.4 Å². The summed E-state index contributed by atoms with van der Waals surface area (Å²) >= 11 is 6.33. The molecule has 2 aliphatic rings. The molecule has 28 heavy (non-hydrogen) atoms. The maximum absolute atomic E-state index is 13.0. The van der Waals surface area contributed by atoms with E-state index in [1.807, 2.05) is 17.9 Å². The number of hydrogen-bond acceptors (Lipinski definition) is 3. The minimum absolute atomic E-state index is 0.0590. The third kappa shape index (κ3) is 3.54. The number of amides is 1. The van der Waals surface area contributed by atoms with E-state index in [9.17, 15) is 4.79 Å². The lowest BCUT2D eigenvalue weighted by Crippen LogP contribution is -2.43. The van der Waals surface area contributed by atoms with Gasteiger partial charge in [0.25, 0.3) is 5.91 Å². The topological polar surface area (TPSA) is 53.3 Å². The van der Waals surface area contributed by atoms with Crippen LogP contribution in [0.1, 0.15) is 43.9 Å². The number of carbonyl (C=O) groups is 1. The van der Waals surface area contributed by atoms with Gasteiger partial charge in [0.15, 0.2) is 8.32 Å². The number of halogens is 1. The van der Waals surface area contributed by atoms with Gasteiger partial charge in [-0.25, -0.2) is 0 Å². The van der Waals surface area contributed by atoms with Crippen molar-refractivity contribution in [1.82, 2.24) is 4.90 Å². The molecule has 0 radical (unpaired) electrons. The van der Waals surface area contributed by atoms with Crippen LogP contribution in [0.5, 0.6) is 0 Å². The molecule has 2 unspecified atom stereocenters. The Morgan fingerprint density at radius 1 is 1.36 bits per heavy atom. The fourth-order valence-corrected chi connectivity index (χ4v) is 4.99. The van der Waals surface area contributed by atoms with Gasteiger partial charge in [-0.1, -0.05) is 38.4 Å². The van der Waals surface area contributed by atoms with Crippen LogP contribution in [0.25, 0.3) is 5.57 Å². The van der Waals surface area contributed by atoms with Crippen molar-refractivity contribution in [2.45, 2.75) is 58.3 Å². The summed E-state index contributed by atoms with van der Waals surface area (Å²) in [5.74, 6) is 0.383. The van der Waals surface area contributed by atoms with Crippen LogP contribution in [0, 0.1) is 24.2 Å². The maximum atomic E-state index is 13.0. The smallest absolute Gasteiger partial charge is 0.254 e. The molecule has 0 saturated carbocycles. The van der Waals surface area contributed by atoms with Crippen molar-refractivity contribution in [1.29, 1.82) is 5.26 Å². The Kier molecular flexibility index (Phi) is 5.52. The minimum atomic E-state index is -1.81. The van der Waals surface area contributed by atoms with E-state index < -0.39 is 8.32 Å². The molecular weight excluding hydrogens is 388 g/mol. The first kappa shape index (κ1) is 21.1. The first-order chi connectivity index (χ1) is 13.0. The normalized spacial score (nSPS) is 22.3. The van der Waals surface area contributed by atoms with Crippen LogP contribution in [0.2, 0.25) is 23.2 Å². The summed E-state index contributed by atoms with van der Waals surface area (Å²) in [4.78, 5) is 15.0. The van der Waals surface area contributed by atoms with Crippen LogP contribution in [-0.4, -0.2) is 38.3 Å². The van der Waals surface area contributed by atoms with E-state index in [4.69, 9.17) is 21.3 Å². The first-order valence-corrected chi connectivity index (χ1v) is 13.1. The van der Waals surface area contributed by atoms with Crippen molar-refractivity contribution in [2.75, 3.05) is 13.2 Å². The molecule has 1 fully saturated rings. The second-order valence-corrected chi connectivity index (χ2v) is 14.6. The molecule has 1 aromatic carbocycles. The molecule has 1 saturated heterocycles. The van der Waals surface area contributed by atoms with Gasteiger partial charge in [-0.15, -0.1) is 0 Å². The van der Waals surface area contributed by atoms with E-state index in [-0.39, 0.29) is 17.0 Å². The number of benzene rings is 1. The van der Waals surface area contributed by atoms with Crippen molar-refractivity contribution in [2.24, 2.45) is 5.92 Å². The molecule has 6 heteroatoms. The molecule has 2 aliphatic heterocycles. The van der Waals surface area contributed by atoms with E-state index in [1.165, 1.54) is 0 Å². The van der Waals surface area contributed by atoms with E-state index >= 15 is 0 Å². The Morgan fingerprint density at radius 2 is 2.04 bits per heavy atom. The highest BCUT2D eigenvalue weighted by atomic mass is 35.5. The Morgan fingerprint density at radius 3 is 2.64 bits per heavy atom. The molecule has 1 aromatic rings. The average molecular weight is 417 g/mol. The van der Waals surface area contributed by atoms with Crippen LogP contribution in [-0.2, 0) is 9.22 Å². The number of carbonyl (C=O) groups excluding carboxylic acids is 1. The van der Waals surface area contributed by atoms with Gasteiger partial charge >= 0.3 is 0 Å². The highest BCUT2D eigenvalue weighted by Crippen LogP contribution is 2.41. The molecule has 0 aromatic heterocycles. The summed E-state index contributed by atoms with van der Waals surface area (Å²) in [5.41, 5.74) is 2.75. The predicted octanol–water partition coefficient (Wildman–Crippen LogP) is 5.16. The Balaban J connectivity index is 1.83. The summed E-state index contributed by atoms with van der Waals surface area (Å²) in [6.45, 7) is 14.6. The second-order valence-electron chi connectivity index (χ2n) is 9.40. The summed E-state index contributed by atoms with van der Waals surface area (Å²) in [7, 11) is -1.81. The van der Waals surface area contributed by atoms with Crippen molar-refractivity contribution < 1.29 is 9.22 Å². The Hall–Kier alpha value is -1.61. The van der Waals surface area contributed by atoms with E-state index in [2.05, 4.69) is 46.0 Å². The molecule has 150 valence electrons. The number of rotatable bonds is 4. The summed E-state index contributed by atoms with van der Waals surface area (Å²) in [6.07, 6.45) is 3.06. The lowest BCUT2D eigenvalue weighted by molar-refractivity contribution is -0.124. The largest absolute Gasteiger partial charge is 0.416 e. The van der Waals surface area contributed by atoms with Crippen molar-refractivity contribution in [3.8, 4) is 6.07 Å². The number of hydrogen-bond donors (Lipinski definition) is 0. The highest BCUT2D eigenvalue weighted by molar-refractivity contribution is 6.74. The van der Waals surface area contributed by atoms with Gasteiger partial charge in [-0.3, -0.25) is 4.79 Å². The predicted molar refractivity (Wildman–Crippen MR) is 116 cm³/mol. The number of nitriles is 1. The first-order valence-electron chi connectivity index (χ1n) is 9.84. The molecule has 0 N–H and O–H groups in total. The lowest BCUT2D eigenvalue weighted by atomic mass is 9.95. The van der Waals surface area contributed by atoms with Gasteiger partial charge in [0.2, 0.25) is 0 Å². The van der Waals surface area contributed by atoms with Crippen molar-refractivity contribution in [3.63, 3.8) is 0 Å². The molecule has 1 amide bonds. The fourth-order valence-electron chi connectivity index (χ4n) is 3.72. The van der Waals surface area contributed by atoms with E-state index in [0.717, 1.165) is 24.1 Å². The SMILES string of the molecule is Cc1c(C2=CC3C(CO[Si](C)(C)C(C)(C)C)CCN3C2=O)ccc(C#N)c1Cl. The van der Waals surface area contributed by atoms with Gasteiger partial charge in [0, 0.05) is 24.6 Å². The molecule has 4 nitrogen and oxygen atoms in total. The van der Waals surface area contributed by atoms with Gasteiger partial charge in [-0.05, 0) is 54.7 Å². The molecule has 0 spiro atoms. The Labute approximate surface area is 174 Å². The Bertz CT molecular complexity index is 880. The zero-order chi connectivity index (χ0) is 20.9. The summed E-state index contributed by atoms with van der Waals surface area (Å²) in [6, 6.07) is 5.71. The monoisotopic (exact) mass is 416 g/mol. The van der Waals surface area contributed by atoms with Crippen LogP contribution >= 0.6 is 11.6 Å². The lowest BCUT2D eigenvalue weighted by Gasteiger charge is -2.37. The van der Waals surface area contributed by atoms with Gasteiger partial charge in [0.05, 0.1) is 16.6 Å². The third-order valence-electron chi connectivity index (χ3n) is 6.67. The summed E-state index contributed by atoms with van der Waals surface area (Å²) < 4.78 is 6.45. The number of nitrogens with zero attached hydrogens (tertiary/aromatic N) is 2. The van der Waals surface area contributed by atoms with Crippen LogP contribution in [0.4, 0.5) is 0 Å². The van der Waals surface area contributed by atoms with Gasteiger partial charge in [-0.2, -0.15) is 5.26 Å². The second kappa shape index (κ2) is 7.33. The van der Waals surface area contributed by atoms with Crippen LogP contribution in [0.3, 0.4) is 0 Å². The highest BCUT2D eigenvalue weighted by Gasteiger charge is 2.44. The molecule has 2 heterocycles. The van der Waals surface area contributed by atoms with Crippen molar-refractivity contribution in [3.05, 3.63) is 39.9 Å². The fraction of sp³-hybridized carbons (Fsp3) is 0.545. The van der Waals surface area contributed by atoms with Crippen LogP contribution < -0.4 is 0 Å². The standard InChI is InChI=1S/C22H29ClN2O2Si/c1-14-17(8-7-15(12-24)20(14)23)18-11-19-16(9-10-25(19)21(18)26)13-27-28(5,6)22(2,3)4/h7-8,11,16,19H,9-10,13H2,1-6H3. The summed E-state index contributed by atoms with van der Waals surface area (Å²) in [5, 5.41) is 9.77. The zero-order valence-electron chi connectivity index (χ0n) is 17.6. The molecule has 2 atom stereocenters. The minimum Gasteiger partial charge on any atom is -0.416 e. The molecular formula is C22H29ClN2O2Si. The maximum Gasteiger partial charge on any atom is 0.254 e. The molecule has 0 bridgehead atoms. The average Bonchev–Trinajstić information content (AvgIpc) is 3.15. The third-order valence-corrected chi connectivity index (χ3v) is 11.7. The quantitative estimate of drug-likeness (QED) is 0.637. The van der Waals surface area contributed by atoms with Gasteiger partial charge in [0.1, 0.15) is 6.07 Å². The van der Waals surface area contributed by atoms with Gasteiger partial charge < -0.3 is 9.33 Å². The molecule has 3 rings (SSSR count). The van der Waals surface area contributed by atoms with Crippen LogP contribution in [0.15, 0.2) is 18.2 Å². The zero-order valence-corrected chi connectivity index (χ0v) is 19.4. The molecule has 0 aliphatic carbocycles. The van der Waals surface area contributed by atoms with E-state index in [0.29, 0.717) is 28.7 Å².